The monoisotopic (exact) mass is 546 g/mol. The number of thiophene rings is 1. The second-order valence-electron chi connectivity index (χ2n) is 9.66. The number of carbonyl (C=O) groups is 2. The van der Waals surface area contributed by atoms with E-state index in [-0.39, 0.29) is 18.1 Å². The summed E-state index contributed by atoms with van der Waals surface area (Å²) in [6, 6.07) is 12.8. The van der Waals surface area contributed by atoms with Crippen LogP contribution in [0.15, 0.2) is 48.5 Å². The van der Waals surface area contributed by atoms with E-state index in [1.165, 1.54) is 28.4 Å². The van der Waals surface area contributed by atoms with E-state index in [9.17, 15) is 27.9 Å². The lowest BCUT2D eigenvalue weighted by Crippen LogP contribution is -2.50. The van der Waals surface area contributed by atoms with E-state index >= 15 is 0 Å². The number of halogens is 3. The van der Waals surface area contributed by atoms with Crippen LogP contribution in [0.4, 0.5) is 23.7 Å². The van der Waals surface area contributed by atoms with E-state index in [1.807, 2.05) is 24.3 Å². The molecule has 0 bridgehead atoms. The zero-order valence-electron chi connectivity index (χ0n) is 20.5. The number of benzene rings is 2. The van der Waals surface area contributed by atoms with Crippen molar-refractivity contribution in [2.24, 2.45) is 0 Å². The number of hydrogen-bond acceptors (Lipinski definition) is 6. The Balaban J connectivity index is 1.14. The number of anilines is 1. The topological polar surface area (TPSA) is 84.9 Å². The molecule has 2 aliphatic rings. The van der Waals surface area contributed by atoms with Gasteiger partial charge in [0.15, 0.2) is 0 Å². The predicted octanol–water partition coefficient (Wildman–Crippen LogP) is 4.51. The van der Waals surface area contributed by atoms with Crippen molar-refractivity contribution in [2.75, 3.05) is 31.1 Å². The number of carboxylic acid groups (broad SMARTS) is 1. The molecule has 2 saturated heterocycles. The van der Waals surface area contributed by atoms with Crippen LogP contribution in [0.3, 0.4) is 0 Å². The van der Waals surface area contributed by atoms with Gasteiger partial charge in [0.2, 0.25) is 0 Å². The maximum absolute atomic E-state index is 12.8. The van der Waals surface area contributed by atoms with E-state index in [0.717, 1.165) is 40.7 Å². The van der Waals surface area contributed by atoms with Crippen LogP contribution in [-0.2, 0) is 6.18 Å². The minimum absolute atomic E-state index is 0.00671. The number of rotatable bonds is 5. The number of hydrogen-bond donors (Lipinski definition) is 1. The average molecular weight is 547 g/mol. The maximum atomic E-state index is 12.8. The number of carbonyl (C=O) groups excluding carboxylic acids is 2. The lowest BCUT2D eigenvalue weighted by molar-refractivity contribution is -0.266. The Morgan fingerprint density at radius 3 is 2.26 bits per heavy atom. The fourth-order valence-electron chi connectivity index (χ4n) is 4.95. The number of nitrogens with zero attached hydrogens (tertiary/aromatic N) is 2. The summed E-state index contributed by atoms with van der Waals surface area (Å²) >= 11 is 1.38. The van der Waals surface area contributed by atoms with Gasteiger partial charge in [0.05, 0.1) is 10.4 Å². The van der Waals surface area contributed by atoms with Crippen molar-refractivity contribution in [2.45, 2.75) is 44.0 Å². The van der Waals surface area contributed by atoms with Gasteiger partial charge in [-0.2, -0.15) is 13.2 Å². The molecule has 0 radical (unpaired) electrons. The number of alkyl halides is 3. The molecule has 1 aromatic heterocycles. The Morgan fingerprint density at radius 1 is 0.947 bits per heavy atom. The number of nitrogens with one attached hydrogen (secondary N) is 1. The highest BCUT2D eigenvalue weighted by Gasteiger charge is 2.30. The molecule has 11 heteroatoms. The Kier molecular flexibility index (Phi) is 7.38. The molecule has 0 unspecified atom stereocenters. The zero-order valence-corrected chi connectivity index (χ0v) is 21.3. The van der Waals surface area contributed by atoms with E-state index in [2.05, 4.69) is 10.2 Å². The minimum atomic E-state index is -4.34. The smallest absolute Gasteiger partial charge is 0.416 e. The molecule has 3 heterocycles. The molecule has 3 aromatic rings. The molecule has 7 nitrogen and oxygen atoms in total. The summed E-state index contributed by atoms with van der Waals surface area (Å²) in [5.74, 6) is 0.546. The zero-order chi connectivity index (χ0) is 26.9. The van der Waals surface area contributed by atoms with Gasteiger partial charge in [-0.1, -0.05) is 0 Å². The molecule has 0 spiro atoms. The molecule has 0 aliphatic carbocycles. The van der Waals surface area contributed by atoms with Crippen molar-refractivity contribution in [3.8, 4) is 5.75 Å². The minimum Gasteiger partial charge on any atom is -0.530 e. The summed E-state index contributed by atoms with van der Waals surface area (Å²) in [7, 11) is 0. The van der Waals surface area contributed by atoms with Crippen LogP contribution in [0, 0.1) is 0 Å². The molecule has 202 valence electrons. The van der Waals surface area contributed by atoms with Crippen molar-refractivity contribution in [3.63, 3.8) is 0 Å². The van der Waals surface area contributed by atoms with Crippen LogP contribution in [0.2, 0.25) is 0 Å². The predicted molar refractivity (Wildman–Crippen MR) is 137 cm³/mol. The first-order chi connectivity index (χ1) is 18.2. The van der Waals surface area contributed by atoms with E-state index < -0.39 is 17.8 Å². The van der Waals surface area contributed by atoms with Gasteiger partial charge in [-0.3, -0.25) is 4.79 Å². The number of piperidine rings is 2. The van der Waals surface area contributed by atoms with E-state index in [1.54, 1.807) is 0 Å². The van der Waals surface area contributed by atoms with Crippen LogP contribution >= 0.6 is 11.3 Å². The van der Waals surface area contributed by atoms with Crippen molar-refractivity contribution < 1.29 is 32.6 Å². The maximum Gasteiger partial charge on any atom is 0.416 e. The lowest BCUT2D eigenvalue weighted by Gasteiger charge is -2.33. The molecular weight excluding hydrogens is 519 g/mol. The Labute approximate surface area is 221 Å². The third-order valence-electron chi connectivity index (χ3n) is 7.11. The second kappa shape index (κ2) is 10.7. The van der Waals surface area contributed by atoms with Crippen molar-refractivity contribution in [1.82, 2.24) is 10.2 Å². The molecule has 38 heavy (non-hydrogen) atoms. The molecule has 2 aromatic carbocycles. The van der Waals surface area contributed by atoms with E-state index in [0.29, 0.717) is 49.6 Å². The number of ether oxygens (including phenoxy) is 1. The molecule has 2 amide bonds. The number of likely N-dealkylation sites (tertiary alicyclic amines) is 1. The second-order valence-corrected chi connectivity index (χ2v) is 10.7. The van der Waals surface area contributed by atoms with Crippen molar-refractivity contribution in [1.29, 1.82) is 0 Å². The van der Waals surface area contributed by atoms with Gasteiger partial charge in [-0.25, -0.2) is 0 Å². The fourth-order valence-corrected chi connectivity index (χ4v) is 5.94. The molecule has 2 aliphatic heterocycles. The largest absolute Gasteiger partial charge is 0.530 e. The highest BCUT2D eigenvalue weighted by Crippen LogP contribution is 2.33. The SMILES string of the molecule is O=C(NC1CCN(C(=O)[O-])CC1)c1cc2ccc(OC3CCN(c4ccc(C(F)(F)F)cc4)CC3)cc2s1. The molecule has 2 fully saturated rings. The van der Waals surface area contributed by atoms with Gasteiger partial charge in [-0.15, -0.1) is 11.3 Å². The van der Waals surface area contributed by atoms with Crippen molar-refractivity contribution >= 4 is 39.1 Å². The molecule has 5 rings (SSSR count). The van der Waals surface area contributed by atoms with Crippen LogP contribution < -0.4 is 20.1 Å². The van der Waals surface area contributed by atoms with Gasteiger partial charge in [0.25, 0.3) is 5.91 Å². The molecular formula is C27H27F3N3O4S-. The quantitative estimate of drug-likeness (QED) is 0.509. The molecule has 0 saturated carbocycles. The highest BCUT2D eigenvalue weighted by atomic mass is 32.1. The lowest BCUT2D eigenvalue weighted by atomic mass is 10.1. The van der Waals surface area contributed by atoms with Crippen molar-refractivity contribution in [3.05, 3.63) is 59.0 Å². The summed E-state index contributed by atoms with van der Waals surface area (Å²) in [6.45, 7) is 2.07. The average Bonchev–Trinajstić information content (AvgIpc) is 3.33. The standard InChI is InChI=1S/C27H28F3N3O4S/c28-27(29,30)18-2-4-20(5-3-18)32-13-9-21(10-14-32)37-22-6-1-17-15-24(38-23(17)16-22)25(34)31-19-7-11-33(12-8-19)26(35)36/h1-6,15-16,19,21H,7-14H2,(H,31,34)(H,35,36)/p-1. The third kappa shape index (κ3) is 5.98. The Morgan fingerprint density at radius 2 is 1.63 bits per heavy atom. The van der Waals surface area contributed by atoms with Crippen LogP contribution in [0.1, 0.15) is 40.9 Å². The molecule has 1 N–H and O–H groups in total. The first-order valence-electron chi connectivity index (χ1n) is 12.5. The summed E-state index contributed by atoms with van der Waals surface area (Å²) in [6.07, 6.45) is -2.93. The first kappa shape index (κ1) is 26.1. The summed E-state index contributed by atoms with van der Waals surface area (Å²) in [4.78, 5) is 27.6. The van der Waals surface area contributed by atoms with Crippen LogP contribution in [-0.4, -0.2) is 55.2 Å². The van der Waals surface area contributed by atoms with Crippen LogP contribution in [0.25, 0.3) is 10.1 Å². The Bertz CT molecular complexity index is 1300. The van der Waals surface area contributed by atoms with E-state index in [4.69, 9.17) is 4.74 Å². The first-order valence-corrected chi connectivity index (χ1v) is 13.4. The van der Waals surface area contributed by atoms with Gasteiger partial charge in [0, 0.05) is 55.4 Å². The third-order valence-corrected chi connectivity index (χ3v) is 8.20. The highest BCUT2D eigenvalue weighted by molar-refractivity contribution is 7.20. The van der Waals surface area contributed by atoms with Gasteiger partial charge < -0.3 is 29.8 Å². The summed E-state index contributed by atoms with van der Waals surface area (Å²) < 4.78 is 45.6. The summed E-state index contributed by atoms with van der Waals surface area (Å²) in [5.41, 5.74) is 0.120. The fraction of sp³-hybridized carbons (Fsp3) is 0.407. The summed E-state index contributed by atoms with van der Waals surface area (Å²) in [5, 5.41) is 14.9. The molecule has 0 atom stereocenters. The van der Waals surface area contributed by atoms with Gasteiger partial charge in [-0.05, 0) is 66.8 Å². The Hall–Kier alpha value is -3.47. The van der Waals surface area contributed by atoms with Gasteiger partial charge >= 0.3 is 6.18 Å². The van der Waals surface area contributed by atoms with Crippen LogP contribution in [0.5, 0.6) is 5.75 Å². The number of fused-ring (bicyclic) bond motifs is 1. The van der Waals surface area contributed by atoms with Gasteiger partial charge in [0.1, 0.15) is 17.9 Å². The number of amides is 2. The normalized spacial score (nSPS) is 17.6.